The maximum atomic E-state index is 12.4. The van der Waals surface area contributed by atoms with E-state index in [0.29, 0.717) is 10.6 Å². The van der Waals surface area contributed by atoms with Gasteiger partial charge in [-0.3, -0.25) is 9.59 Å². The Morgan fingerprint density at radius 1 is 0.949 bits per heavy atom. The number of carbonyl (C=O) groups excluding carboxylic acids is 1. The van der Waals surface area contributed by atoms with E-state index >= 15 is 0 Å². The van der Waals surface area contributed by atoms with Gasteiger partial charge in [-0.1, -0.05) is 79.9 Å². The van der Waals surface area contributed by atoms with Crippen LogP contribution in [0, 0.1) is 0 Å². The topological polar surface area (TPSA) is 91.3 Å². The zero-order valence-corrected chi connectivity index (χ0v) is 23.4. The third-order valence-electron chi connectivity index (χ3n) is 6.42. The summed E-state index contributed by atoms with van der Waals surface area (Å²) in [4.78, 5) is 28.0. The summed E-state index contributed by atoms with van der Waals surface area (Å²) < 4.78 is 0. The Hall–Kier alpha value is -3.68. The third-order valence-corrected chi connectivity index (χ3v) is 7.45. The molecule has 0 bridgehead atoms. The lowest BCUT2D eigenvalue weighted by Crippen LogP contribution is -2.26. The van der Waals surface area contributed by atoms with Gasteiger partial charge in [-0.2, -0.15) is 0 Å². The highest BCUT2D eigenvalue weighted by atomic mass is 35.5. The Bertz CT molecular complexity index is 1370. The highest BCUT2D eigenvalue weighted by Crippen LogP contribution is 2.32. The van der Waals surface area contributed by atoms with Crippen molar-refractivity contribution >= 4 is 39.9 Å². The maximum Gasteiger partial charge on any atom is 0.305 e. The molecule has 0 aliphatic rings. The average molecular weight is 562 g/mol. The Morgan fingerprint density at radius 2 is 1.62 bits per heavy atom. The summed E-state index contributed by atoms with van der Waals surface area (Å²) in [6.45, 7) is 2.30. The van der Waals surface area contributed by atoms with Crippen LogP contribution in [0.1, 0.15) is 65.7 Å². The van der Waals surface area contributed by atoms with Crippen LogP contribution in [0.5, 0.6) is 0 Å². The SMILES string of the molecule is CCCCCc1ccc(-c2csc(NC(c3ccc(Cl)cc3)c3ccc(C(=O)NCCC(=O)O)cc3)n2)cc1. The number of hydrogen-bond acceptors (Lipinski definition) is 5. The summed E-state index contributed by atoms with van der Waals surface area (Å²) in [7, 11) is 0. The summed E-state index contributed by atoms with van der Waals surface area (Å²) in [6.07, 6.45) is 4.66. The van der Waals surface area contributed by atoms with Gasteiger partial charge in [0.15, 0.2) is 5.13 Å². The van der Waals surface area contributed by atoms with Crippen molar-refractivity contribution in [3.8, 4) is 11.3 Å². The van der Waals surface area contributed by atoms with Crippen LogP contribution in [0.4, 0.5) is 5.13 Å². The van der Waals surface area contributed by atoms with E-state index in [1.54, 1.807) is 23.5 Å². The number of aliphatic carboxylic acids is 1. The summed E-state index contributed by atoms with van der Waals surface area (Å²) in [5, 5.41) is 18.5. The second-order valence-corrected chi connectivity index (χ2v) is 10.6. The Balaban J connectivity index is 1.50. The van der Waals surface area contributed by atoms with Gasteiger partial charge in [0.25, 0.3) is 5.91 Å². The second-order valence-electron chi connectivity index (χ2n) is 9.34. The van der Waals surface area contributed by atoms with Gasteiger partial charge in [0, 0.05) is 28.1 Å². The van der Waals surface area contributed by atoms with Gasteiger partial charge in [-0.15, -0.1) is 11.3 Å². The van der Waals surface area contributed by atoms with Crippen LogP contribution >= 0.6 is 22.9 Å². The predicted molar refractivity (Wildman–Crippen MR) is 159 cm³/mol. The molecule has 4 rings (SSSR count). The van der Waals surface area contributed by atoms with E-state index in [2.05, 4.69) is 47.2 Å². The zero-order valence-electron chi connectivity index (χ0n) is 21.8. The number of thiazole rings is 1. The van der Waals surface area contributed by atoms with Gasteiger partial charge < -0.3 is 15.7 Å². The molecule has 4 aromatic rings. The number of nitrogens with one attached hydrogen (secondary N) is 2. The number of aryl methyl sites for hydroxylation is 1. The normalized spacial score (nSPS) is 11.6. The van der Waals surface area contributed by atoms with Crippen LogP contribution in [0.15, 0.2) is 78.2 Å². The Morgan fingerprint density at radius 3 is 2.26 bits per heavy atom. The van der Waals surface area contributed by atoms with Gasteiger partial charge in [-0.05, 0) is 53.8 Å². The maximum absolute atomic E-state index is 12.4. The van der Waals surface area contributed by atoms with Crippen LogP contribution in [0.2, 0.25) is 5.02 Å². The summed E-state index contributed by atoms with van der Waals surface area (Å²) in [6, 6.07) is 23.3. The molecule has 0 spiro atoms. The molecule has 3 aromatic carbocycles. The van der Waals surface area contributed by atoms with Crippen molar-refractivity contribution in [2.75, 3.05) is 11.9 Å². The van der Waals surface area contributed by atoms with Crippen molar-refractivity contribution in [1.82, 2.24) is 10.3 Å². The van der Waals surface area contributed by atoms with Crippen molar-refractivity contribution in [2.45, 2.75) is 45.1 Å². The van der Waals surface area contributed by atoms with E-state index in [9.17, 15) is 9.59 Å². The number of unbranched alkanes of at least 4 members (excludes halogenated alkanes) is 2. The first-order valence-corrected chi connectivity index (χ1v) is 14.4. The fraction of sp³-hybridized carbons (Fsp3) is 0.258. The molecule has 0 saturated carbocycles. The van der Waals surface area contributed by atoms with E-state index in [4.69, 9.17) is 21.7 Å². The molecule has 6 nitrogen and oxygen atoms in total. The minimum atomic E-state index is -0.952. The van der Waals surface area contributed by atoms with Gasteiger partial charge in [0.1, 0.15) is 0 Å². The molecule has 0 saturated heterocycles. The summed E-state index contributed by atoms with van der Waals surface area (Å²) >= 11 is 7.69. The number of halogens is 1. The van der Waals surface area contributed by atoms with E-state index in [1.165, 1.54) is 24.8 Å². The van der Waals surface area contributed by atoms with Crippen LogP contribution in [-0.4, -0.2) is 28.5 Å². The van der Waals surface area contributed by atoms with Gasteiger partial charge in [0.2, 0.25) is 0 Å². The number of carboxylic acid groups (broad SMARTS) is 1. The number of benzene rings is 3. The molecule has 3 N–H and O–H groups in total. The molecule has 1 heterocycles. The number of carboxylic acids is 1. The molecule has 39 heavy (non-hydrogen) atoms. The third kappa shape index (κ3) is 8.15. The minimum Gasteiger partial charge on any atom is -0.481 e. The largest absolute Gasteiger partial charge is 0.481 e. The fourth-order valence-electron chi connectivity index (χ4n) is 4.24. The van der Waals surface area contributed by atoms with Gasteiger partial charge in [0.05, 0.1) is 18.2 Å². The van der Waals surface area contributed by atoms with E-state index in [0.717, 1.165) is 33.9 Å². The van der Waals surface area contributed by atoms with Crippen molar-refractivity contribution in [3.63, 3.8) is 0 Å². The molecule has 0 fully saturated rings. The number of amides is 1. The molecule has 1 unspecified atom stereocenters. The van der Waals surface area contributed by atoms with Crippen molar-refractivity contribution < 1.29 is 14.7 Å². The number of carbonyl (C=O) groups is 2. The smallest absolute Gasteiger partial charge is 0.305 e. The molecule has 1 aromatic heterocycles. The molecular formula is C31H32ClN3O3S. The Labute approximate surface area is 238 Å². The number of anilines is 1. The van der Waals surface area contributed by atoms with E-state index in [-0.39, 0.29) is 24.9 Å². The first kappa shape index (κ1) is 28.3. The first-order chi connectivity index (χ1) is 18.9. The van der Waals surface area contributed by atoms with Crippen molar-refractivity contribution in [1.29, 1.82) is 0 Å². The molecule has 8 heteroatoms. The van der Waals surface area contributed by atoms with Crippen molar-refractivity contribution in [3.05, 3.63) is 105 Å². The standard InChI is InChI=1S/C31H32ClN3O3S/c1-2-3-4-5-21-6-8-22(9-7-21)27-20-39-31(34-27)35-29(24-14-16-26(32)17-15-24)23-10-12-25(13-11-23)30(38)33-19-18-28(36)37/h6-17,20,29H,2-5,18-19H2,1H3,(H,33,38)(H,34,35)(H,36,37). The summed E-state index contributed by atoms with van der Waals surface area (Å²) in [5.74, 6) is -1.26. The van der Waals surface area contributed by atoms with Crippen LogP contribution < -0.4 is 10.6 Å². The summed E-state index contributed by atoms with van der Waals surface area (Å²) in [5.41, 5.74) is 5.78. The quantitative estimate of drug-likeness (QED) is 0.146. The molecule has 202 valence electrons. The van der Waals surface area contributed by atoms with Gasteiger partial charge >= 0.3 is 5.97 Å². The molecule has 1 amide bonds. The van der Waals surface area contributed by atoms with Crippen LogP contribution in [0.25, 0.3) is 11.3 Å². The number of aromatic nitrogens is 1. The van der Waals surface area contributed by atoms with E-state index in [1.807, 2.05) is 36.4 Å². The highest BCUT2D eigenvalue weighted by molar-refractivity contribution is 7.14. The number of hydrogen-bond donors (Lipinski definition) is 3. The lowest BCUT2D eigenvalue weighted by molar-refractivity contribution is -0.136. The fourth-order valence-corrected chi connectivity index (χ4v) is 5.12. The first-order valence-electron chi connectivity index (χ1n) is 13.1. The van der Waals surface area contributed by atoms with Crippen LogP contribution in [0.3, 0.4) is 0 Å². The highest BCUT2D eigenvalue weighted by Gasteiger charge is 2.17. The van der Waals surface area contributed by atoms with E-state index < -0.39 is 5.97 Å². The molecular weight excluding hydrogens is 530 g/mol. The minimum absolute atomic E-state index is 0.0822. The zero-order chi connectivity index (χ0) is 27.6. The molecule has 0 aliphatic carbocycles. The lowest BCUT2D eigenvalue weighted by atomic mass is 9.97. The number of rotatable bonds is 13. The molecule has 1 atom stereocenters. The number of nitrogens with zero attached hydrogens (tertiary/aromatic N) is 1. The Kier molecular flexibility index (Phi) is 10.1. The monoisotopic (exact) mass is 561 g/mol. The van der Waals surface area contributed by atoms with Crippen molar-refractivity contribution in [2.24, 2.45) is 0 Å². The van der Waals surface area contributed by atoms with Crippen LogP contribution in [-0.2, 0) is 11.2 Å². The predicted octanol–water partition coefficient (Wildman–Crippen LogP) is 7.60. The molecule has 0 aliphatic heterocycles. The van der Waals surface area contributed by atoms with Gasteiger partial charge in [-0.25, -0.2) is 4.98 Å². The second kappa shape index (κ2) is 13.9. The molecule has 0 radical (unpaired) electrons. The average Bonchev–Trinajstić information content (AvgIpc) is 3.41. The lowest BCUT2D eigenvalue weighted by Gasteiger charge is -2.20.